The summed E-state index contributed by atoms with van der Waals surface area (Å²) in [5, 5.41) is 81.7. The molecule has 0 spiro atoms. The highest BCUT2D eigenvalue weighted by Gasteiger charge is 2.53. The molecule has 0 bridgehead atoms. The van der Waals surface area contributed by atoms with Crippen molar-refractivity contribution in [3.05, 3.63) is 40.7 Å². The number of hydrogen-bond acceptors (Lipinski definition) is 10. The van der Waals surface area contributed by atoms with Gasteiger partial charge in [0.15, 0.2) is 11.5 Å². The number of hydrogen-bond donors (Lipinski definition) is 8. The highest BCUT2D eigenvalue weighted by atomic mass is 35.5. The van der Waals surface area contributed by atoms with E-state index in [9.17, 15) is 40.9 Å². The van der Waals surface area contributed by atoms with E-state index in [1.165, 1.54) is 4.57 Å². The van der Waals surface area contributed by atoms with Crippen molar-refractivity contribution in [1.82, 2.24) is 14.5 Å². The summed E-state index contributed by atoms with van der Waals surface area (Å²) in [6.07, 6.45) is -0.703. The highest BCUT2D eigenvalue weighted by Crippen LogP contribution is 2.49. The summed E-state index contributed by atoms with van der Waals surface area (Å²) >= 11 is 5.91. The molecule has 1 fully saturated rings. The maximum atomic E-state index is 10.4. The zero-order chi connectivity index (χ0) is 22.7. The molecule has 0 saturated carbocycles. The van der Waals surface area contributed by atoms with Crippen LogP contribution in [0.4, 0.5) is 0 Å². The molecule has 166 valence electrons. The number of halogens is 1. The maximum Gasteiger partial charge on any atom is 0.229 e. The van der Waals surface area contributed by atoms with E-state index in [2.05, 4.69) is 4.98 Å². The average molecular weight is 454 g/mol. The first-order chi connectivity index (χ1) is 14.4. The number of phenols is 4. The number of rotatable bonds is 4. The van der Waals surface area contributed by atoms with Gasteiger partial charge in [-0.25, -0.2) is 4.98 Å². The molecular weight excluding hydrogens is 434 g/mol. The molecule has 1 aromatic heterocycles. The minimum Gasteiger partial charge on any atom is -0.503 e. The van der Waals surface area contributed by atoms with Gasteiger partial charge in [0.05, 0.1) is 6.54 Å². The standard InChI is InChI=1S/C19H20ClN3O8/c20-10-3-1-9(2-4-10)7-22-11(8-23-18(28,29)5-6-19(23,30)31)21-12-13(22)15(25)17(27)16(26)14(12)24/h1-4,24-31H,5-8H2. The van der Waals surface area contributed by atoms with Gasteiger partial charge >= 0.3 is 0 Å². The number of aromatic hydroxyl groups is 4. The minimum absolute atomic E-state index is 0.0156. The molecule has 1 saturated heterocycles. The third-order valence-corrected chi connectivity index (χ3v) is 5.63. The lowest BCUT2D eigenvalue weighted by Gasteiger charge is -2.34. The van der Waals surface area contributed by atoms with E-state index >= 15 is 0 Å². The van der Waals surface area contributed by atoms with Gasteiger partial charge in [0.1, 0.15) is 16.9 Å². The Bertz CT molecular complexity index is 1140. The number of aromatic nitrogens is 2. The smallest absolute Gasteiger partial charge is 0.229 e. The molecule has 0 aliphatic carbocycles. The van der Waals surface area contributed by atoms with Gasteiger partial charge in [-0.1, -0.05) is 23.7 Å². The van der Waals surface area contributed by atoms with E-state index in [0.717, 1.165) is 0 Å². The van der Waals surface area contributed by atoms with Gasteiger partial charge in [-0.15, -0.1) is 0 Å². The van der Waals surface area contributed by atoms with Crippen molar-refractivity contribution in [3.63, 3.8) is 0 Å². The second-order valence-corrected chi connectivity index (χ2v) is 7.90. The molecule has 1 aliphatic rings. The Hall–Kier alpha value is -2.80. The molecule has 2 heterocycles. The van der Waals surface area contributed by atoms with Crippen LogP contribution in [0.2, 0.25) is 5.02 Å². The number of benzene rings is 2. The molecule has 1 aliphatic heterocycles. The quantitative estimate of drug-likeness (QED) is 0.156. The van der Waals surface area contributed by atoms with Crippen molar-refractivity contribution in [2.45, 2.75) is 37.8 Å². The van der Waals surface area contributed by atoms with Crippen molar-refractivity contribution in [2.24, 2.45) is 0 Å². The Morgan fingerprint density at radius 2 is 1.35 bits per heavy atom. The molecule has 11 nitrogen and oxygen atoms in total. The summed E-state index contributed by atoms with van der Waals surface area (Å²) in [5.74, 6) is -8.65. The number of imidazole rings is 1. The second-order valence-electron chi connectivity index (χ2n) is 7.47. The van der Waals surface area contributed by atoms with Crippen LogP contribution in [-0.4, -0.2) is 67.1 Å². The summed E-state index contributed by atoms with van der Waals surface area (Å²) in [6.45, 7) is -0.509. The third kappa shape index (κ3) is 3.51. The van der Waals surface area contributed by atoms with Crippen LogP contribution < -0.4 is 0 Å². The Morgan fingerprint density at radius 3 is 1.94 bits per heavy atom. The monoisotopic (exact) mass is 453 g/mol. The predicted octanol–water partition coefficient (Wildman–Crippen LogP) is 0.433. The molecule has 31 heavy (non-hydrogen) atoms. The molecule has 8 N–H and O–H groups in total. The van der Waals surface area contributed by atoms with Gasteiger partial charge in [0.2, 0.25) is 23.3 Å². The fourth-order valence-corrected chi connectivity index (χ4v) is 3.83. The van der Waals surface area contributed by atoms with Crippen molar-refractivity contribution in [3.8, 4) is 23.0 Å². The van der Waals surface area contributed by atoms with Crippen LogP contribution in [0.5, 0.6) is 23.0 Å². The number of fused-ring (bicyclic) bond motifs is 1. The van der Waals surface area contributed by atoms with E-state index in [-0.39, 0.29) is 36.2 Å². The molecule has 0 unspecified atom stereocenters. The van der Waals surface area contributed by atoms with E-state index in [0.29, 0.717) is 15.5 Å². The van der Waals surface area contributed by atoms with Crippen LogP contribution >= 0.6 is 11.6 Å². The van der Waals surface area contributed by atoms with E-state index in [1.807, 2.05) is 0 Å². The van der Waals surface area contributed by atoms with E-state index in [1.54, 1.807) is 24.3 Å². The van der Waals surface area contributed by atoms with Crippen LogP contribution in [-0.2, 0) is 13.1 Å². The largest absolute Gasteiger partial charge is 0.503 e. The Kier molecular flexibility index (Phi) is 4.92. The number of likely N-dealkylation sites (tertiary alicyclic amines) is 1. The Morgan fingerprint density at radius 1 is 0.806 bits per heavy atom. The lowest BCUT2D eigenvalue weighted by Crippen LogP contribution is -2.54. The molecule has 0 amide bonds. The topological polar surface area (TPSA) is 183 Å². The molecule has 3 aromatic rings. The lowest BCUT2D eigenvalue weighted by atomic mass is 10.2. The summed E-state index contributed by atoms with van der Waals surface area (Å²) in [6, 6.07) is 6.59. The van der Waals surface area contributed by atoms with Crippen LogP contribution in [0.3, 0.4) is 0 Å². The zero-order valence-corrected chi connectivity index (χ0v) is 16.7. The van der Waals surface area contributed by atoms with Crippen molar-refractivity contribution in [1.29, 1.82) is 0 Å². The van der Waals surface area contributed by atoms with Crippen molar-refractivity contribution < 1.29 is 40.9 Å². The number of nitrogens with zero attached hydrogens (tertiary/aromatic N) is 3. The second kappa shape index (κ2) is 7.12. The zero-order valence-electron chi connectivity index (χ0n) is 15.9. The summed E-state index contributed by atoms with van der Waals surface area (Å²) < 4.78 is 1.33. The Labute approximate surface area is 179 Å². The van der Waals surface area contributed by atoms with Gasteiger partial charge in [-0.3, -0.25) is 0 Å². The van der Waals surface area contributed by atoms with Crippen molar-refractivity contribution in [2.75, 3.05) is 0 Å². The first-order valence-electron chi connectivity index (χ1n) is 9.19. The van der Waals surface area contributed by atoms with Gasteiger partial charge < -0.3 is 45.4 Å². The van der Waals surface area contributed by atoms with Crippen LogP contribution in [0.15, 0.2) is 24.3 Å². The summed E-state index contributed by atoms with van der Waals surface area (Å²) in [4.78, 5) is 4.74. The van der Waals surface area contributed by atoms with Crippen LogP contribution in [0, 0.1) is 0 Å². The molecule has 0 radical (unpaired) electrons. The summed E-state index contributed by atoms with van der Waals surface area (Å²) in [5.41, 5.74) is 0.232. The van der Waals surface area contributed by atoms with E-state index in [4.69, 9.17) is 11.6 Å². The molecule has 12 heteroatoms. The predicted molar refractivity (Wildman–Crippen MR) is 106 cm³/mol. The SMILES string of the molecule is Oc1c(O)c(O)c2c(nc(CN3C(O)(O)CCC3(O)O)n2Cc2ccc(Cl)cc2)c1O. The first kappa shape index (κ1) is 21.4. The van der Waals surface area contributed by atoms with Gasteiger partial charge in [-0.2, -0.15) is 4.90 Å². The molecular formula is C19H20ClN3O8. The van der Waals surface area contributed by atoms with Gasteiger partial charge in [0, 0.05) is 24.4 Å². The lowest BCUT2D eigenvalue weighted by molar-refractivity contribution is -0.347. The third-order valence-electron chi connectivity index (χ3n) is 5.38. The van der Waals surface area contributed by atoms with Gasteiger partial charge in [-0.05, 0) is 17.7 Å². The van der Waals surface area contributed by atoms with Crippen LogP contribution in [0.1, 0.15) is 24.2 Å². The Balaban J connectivity index is 1.90. The fraction of sp³-hybridized carbons (Fsp3) is 0.316. The maximum absolute atomic E-state index is 10.4. The van der Waals surface area contributed by atoms with Crippen LogP contribution in [0.25, 0.3) is 11.0 Å². The molecule has 2 aromatic carbocycles. The van der Waals surface area contributed by atoms with E-state index < -0.39 is 41.4 Å². The summed E-state index contributed by atoms with van der Waals surface area (Å²) in [7, 11) is 0. The fourth-order valence-electron chi connectivity index (χ4n) is 3.70. The number of aliphatic hydroxyl groups is 4. The molecule has 4 rings (SSSR count). The first-order valence-corrected chi connectivity index (χ1v) is 9.57. The van der Waals surface area contributed by atoms with Crippen molar-refractivity contribution >= 4 is 22.6 Å². The average Bonchev–Trinajstić information content (AvgIpc) is 3.16. The minimum atomic E-state index is -2.55. The normalized spacial score (nSPS) is 18.1. The van der Waals surface area contributed by atoms with Gasteiger partial charge in [0.25, 0.3) is 0 Å². The number of phenolic OH excluding ortho intramolecular Hbond substituents is 4. The highest BCUT2D eigenvalue weighted by molar-refractivity contribution is 6.30. The molecule has 0 atom stereocenters.